The summed E-state index contributed by atoms with van der Waals surface area (Å²) in [4.78, 5) is 0. The van der Waals surface area contributed by atoms with Crippen LogP contribution in [0, 0.1) is 94.7 Å². The lowest BCUT2D eigenvalue weighted by Gasteiger charge is -2.20. The third kappa shape index (κ3) is 8.10. The summed E-state index contributed by atoms with van der Waals surface area (Å²) in [5.41, 5.74) is 21.1. The minimum absolute atomic E-state index is 0.113. The maximum absolute atomic E-state index is 3.63. The van der Waals surface area contributed by atoms with Gasteiger partial charge in [0.25, 0.3) is 0 Å². The van der Waals surface area contributed by atoms with Gasteiger partial charge >= 0.3 is 0 Å². The van der Waals surface area contributed by atoms with Crippen molar-refractivity contribution in [2.45, 2.75) is 52.4 Å². The van der Waals surface area contributed by atoms with Gasteiger partial charge in [-0.2, -0.15) is 0 Å². The normalized spacial score (nSPS) is 12.9. The second-order valence-corrected chi connectivity index (χ2v) is 19.6. The zero-order chi connectivity index (χ0) is 48.0. The van der Waals surface area contributed by atoms with E-state index in [4.69, 9.17) is 0 Å². The van der Waals surface area contributed by atoms with Crippen LogP contribution in [-0.4, -0.2) is 0 Å². The molecule has 11 rings (SSSR count). The van der Waals surface area contributed by atoms with Crippen molar-refractivity contribution in [3.8, 4) is 117 Å². The third-order valence-corrected chi connectivity index (χ3v) is 13.0. The lowest BCUT2D eigenvalue weighted by molar-refractivity contribution is 0.590. The zero-order valence-corrected chi connectivity index (χ0v) is 39.9. The first-order chi connectivity index (χ1) is 34.0. The maximum atomic E-state index is 3.63. The minimum Gasteiger partial charge on any atom is -0.0609 e. The molecule has 70 heavy (non-hydrogen) atoms. The molecule has 0 N–H and O–H groups in total. The average molecular weight is 883 g/mol. The largest absolute Gasteiger partial charge is 0.0836 e. The molecule has 0 heterocycles. The summed E-state index contributed by atoms with van der Waals surface area (Å²) in [5, 5.41) is 0. The highest BCUT2D eigenvalue weighted by atomic mass is 14.4. The van der Waals surface area contributed by atoms with Gasteiger partial charge in [0, 0.05) is 55.7 Å². The van der Waals surface area contributed by atoms with E-state index in [1.54, 1.807) is 0 Å². The Bertz CT molecular complexity index is 3660. The molecule has 0 radical (unpaired) electrons. The fourth-order valence-electron chi connectivity index (χ4n) is 9.22. The minimum atomic E-state index is -0.113. The Morgan fingerprint density at radius 3 is 0.771 bits per heavy atom. The molecule has 0 heteroatoms. The molecular formula is C70H42. The van der Waals surface area contributed by atoms with Gasteiger partial charge in [-0.05, 0) is 163 Å². The summed E-state index contributed by atoms with van der Waals surface area (Å²) >= 11 is 0. The molecule has 4 aliphatic rings. The van der Waals surface area contributed by atoms with Crippen LogP contribution in [0.1, 0.15) is 119 Å². The van der Waals surface area contributed by atoms with Crippen molar-refractivity contribution < 1.29 is 0 Å². The molecule has 0 aromatic heterocycles. The van der Waals surface area contributed by atoms with Crippen molar-refractivity contribution in [1.82, 2.24) is 0 Å². The van der Waals surface area contributed by atoms with E-state index in [2.05, 4.69) is 185 Å². The highest BCUT2D eigenvalue weighted by Crippen LogP contribution is 2.54. The van der Waals surface area contributed by atoms with E-state index in [0.29, 0.717) is 0 Å². The van der Waals surface area contributed by atoms with E-state index >= 15 is 0 Å². The van der Waals surface area contributed by atoms with Crippen LogP contribution in [0.15, 0.2) is 157 Å². The molecular weight excluding hydrogens is 841 g/mol. The summed E-state index contributed by atoms with van der Waals surface area (Å²) < 4.78 is 0. The van der Waals surface area contributed by atoms with Crippen LogP contribution in [0.3, 0.4) is 0 Å². The van der Waals surface area contributed by atoms with Crippen molar-refractivity contribution in [2.75, 3.05) is 0 Å². The molecule has 0 amide bonds. The SMILES string of the molecule is CC(C)(C)c1ccc2c(c1)C(=C1C#Cc3ccccc3C#CC#Cc3ccccc3C#C1)c1cc3c(cc1-2)C(=C1C#Cc2ccccc2C#CC#Cc2ccccc2C#C1)c1cc(C(C)(C)C)ccc1-3. The fraction of sp³-hybridized carbons (Fsp3) is 0.114. The van der Waals surface area contributed by atoms with Crippen molar-refractivity contribution in [2.24, 2.45) is 0 Å². The predicted molar refractivity (Wildman–Crippen MR) is 288 cm³/mol. The third-order valence-electron chi connectivity index (χ3n) is 13.0. The Morgan fingerprint density at radius 2 is 0.500 bits per heavy atom. The van der Waals surface area contributed by atoms with Gasteiger partial charge in [-0.25, -0.2) is 0 Å². The lowest BCUT2D eigenvalue weighted by Crippen LogP contribution is -2.11. The Hall–Kier alpha value is -9.50. The van der Waals surface area contributed by atoms with Crippen LogP contribution in [0.2, 0.25) is 0 Å². The summed E-state index contributed by atoms with van der Waals surface area (Å²) in [7, 11) is 0. The van der Waals surface area contributed by atoms with Crippen LogP contribution in [0.25, 0.3) is 33.4 Å². The number of fused-ring (bicyclic) bond motifs is 10. The molecule has 0 saturated heterocycles. The van der Waals surface area contributed by atoms with Gasteiger partial charge in [0.2, 0.25) is 0 Å². The number of benzene rings is 7. The Labute approximate surface area is 413 Å². The second-order valence-electron chi connectivity index (χ2n) is 19.6. The standard InChI is InChI=1S/C70H42/c1-69(2,3)57-39-41-59-61-45-66-62(46-65(61)67(63(59)43-57)55-35-31-51-27-15-11-23-47(51)19-7-8-20-48-24-12-16-28-52(48)32-36-55)60-42-40-58(70(4,5)6)44-64(60)68(66)56-37-33-53-29-17-13-25-49(53)21-9-10-22-50-26-14-18-30-54(50)34-38-56/h11-18,23-30,39-46H,1-6H3. The molecule has 0 fully saturated rings. The van der Waals surface area contributed by atoms with Gasteiger partial charge in [0.1, 0.15) is 0 Å². The molecule has 7 aromatic rings. The number of hydrogen-bond acceptors (Lipinski definition) is 0. The molecule has 0 spiro atoms. The van der Waals surface area contributed by atoms with Crippen LogP contribution >= 0.6 is 0 Å². The van der Waals surface area contributed by atoms with Crippen molar-refractivity contribution in [1.29, 1.82) is 0 Å². The van der Waals surface area contributed by atoms with Crippen LogP contribution < -0.4 is 0 Å². The van der Waals surface area contributed by atoms with Gasteiger partial charge in [-0.1, -0.05) is 185 Å². The number of rotatable bonds is 0. The van der Waals surface area contributed by atoms with Gasteiger partial charge in [-0.15, -0.1) is 0 Å². The van der Waals surface area contributed by atoms with Gasteiger partial charge < -0.3 is 0 Å². The molecule has 0 saturated carbocycles. The first-order valence-corrected chi connectivity index (χ1v) is 23.4. The second kappa shape index (κ2) is 17.3. The molecule has 0 nitrogen and oxygen atoms in total. The van der Waals surface area contributed by atoms with Crippen molar-refractivity contribution in [3.63, 3.8) is 0 Å². The Balaban J connectivity index is 1.25. The molecule has 0 atom stereocenters. The quantitative estimate of drug-likeness (QED) is 0.133. The topological polar surface area (TPSA) is 0 Å². The monoisotopic (exact) mass is 882 g/mol. The smallest absolute Gasteiger partial charge is 0.0609 e. The number of hydrogen-bond donors (Lipinski definition) is 0. The van der Waals surface area contributed by atoms with Crippen LogP contribution in [0.4, 0.5) is 0 Å². The first-order valence-electron chi connectivity index (χ1n) is 23.4. The van der Waals surface area contributed by atoms with Gasteiger partial charge in [0.15, 0.2) is 0 Å². The fourth-order valence-corrected chi connectivity index (χ4v) is 9.22. The number of allylic oxidation sites excluding steroid dienone is 2. The van der Waals surface area contributed by atoms with E-state index in [0.717, 1.165) is 111 Å². The summed E-state index contributed by atoms with van der Waals surface area (Å²) in [6, 6.07) is 50.5. The molecule has 322 valence electrons. The van der Waals surface area contributed by atoms with Gasteiger partial charge in [0.05, 0.1) is 11.1 Å². The summed E-state index contributed by atoms with van der Waals surface area (Å²) in [6.45, 7) is 13.6. The molecule has 0 unspecified atom stereocenters. The Kier molecular flexibility index (Phi) is 10.6. The van der Waals surface area contributed by atoms with Crippen LogP contribution in [-0.2, 0) is 10.8 Å². The maximum Gasteiger partial charge on any atom is 0.0836 e. The lowest BCUT2D eigenvalue weighted by atomic mass is 9.84. The highest BCUT2D eigenvalue weighted by molar-refractivity contribution is 6.11. The summed E-state index contributed by atoms with van der Waals surface area (Å²) in [5.74, 6) is 54.0. The zero-order valence-electron chi connectivity index (χ0n) is 39.9. The van der Waals surface area contributed by atoms with Crippen molar-refractivity contribution in [3.05, 3.63) is 235 Å². The van der Waals surface area contributed by atoms with Crippen LogP contribution in [0.5, 0.6) is 0 Å². The van der Waals surface area contributed by atoms with E-state index in [-0.39, 0.29) is 10.8 Å². The van der Waals surface area contributed by atoms with E-state index in [1.807, 2.05) is 97.1 Å². The van der Waals surface area contributed by atoms with E-state index < -0.39 is 0 Å². The van der Waals surface area contributed by atoms with Gasteiger partial charge in [-0.3, -0.25) is 0 Å². The highest BCUT2D eigenvalue weighted by Gasteiger charge is 2.34. The van der Waals surface area contributed by atoms with E-state index in [9.17, 15) is 0 Å². The predicted octanol–water partition coefficient (Wildman–Crippen LogP) is 13.5. The van der Waals surface area contributed by atoms with Crippen molar-refractivity contribution >= 4 is 11.1 Å². The molecule has 0 aliphatic heterocycles. The van der Waals surface area contributed by atoms with E-state index in [1.165, 1.54) is 11.1 Å². The first kappa shape index (κ1) is 43.1. The Morgan fingerprint density at radius 1 is 0.243 bits per heavy atom. The molecule has 0 bridgehead atoms. The molecule has 7 aromatic carbocycles. The average Bonchev–Trinajstić information content (AvgIpc) is 3.85. The summed E-state index contributed by atoms with van der Waals surface area (Å²) in [6.07, 6.45) is 0. The molecule has 4 aliphatic carbocycles.